The van der Waals surface area contributed by atoms with Gasteiger partial charge in [-0.3, -0.25) is 14.4 Å². The molecule has 0 aliphatic carbocycles. The van der Waals surface area contributed by atoms with Crippen LogP contribution in [0.1, 0.15) is 52.9 Å². The van der Waals surface area contributed by atoms with E-state index in [1.807, 2.05) is 45.1 Å². The Morgan fingerprint density at radius 2 is 1.85 bits per heavy atom. The van der Waals surface area contributed by atoms with Gasteiger partial charge in [0.05, 0.1) is 18.6 Å². The van der Waals surface area contributed by atoms with Crippen molar-refractivity contribution in [2.24, 2.45) is 11.8 Å². The van der Waals surface area contributed by atoms with Crippen LogP contribution in [0, 0.1) is 11.8 Å². The van der Waals surface area contributed by atoms with Crippen LogP contribution >= 0.6 is 0 Å². The Balaban J connectivity index is 1.73. The maximum Gasteiger partial charge on any atom is 0.312 e. The maximum atomic E-state index is 14.0. The number of fused-ring (bicyclic) bond motifs is 2. The normalized spacial score (nSPS) is 33.9. The Kier molecular flexibility index (Phi) is 6.69. The first kappa shape index (κ1) is 24.0. The number of aliphatic hydroxyl groups excluding tert-OH is 1. The SMILES string of the molecule is CC(C)(C)N1CC=C[C@]23O[C@H]4C=CCCOC(=O)[C@H]4[C@H]2C(=O)N(CCCCCCO)C3C1=O. The Morgan fingerprint density at radius 1 is 1.09 bits per heavy atom. The van der Waals surface area contributed by atoms with Gasteiger partial charge in [0.2, 0.25) is 11.8 Å². The minimum atomic E-state index is -1.19. The molecule has 4 aliphatic heterocycles. The Labute approximate surface area is 195 Å². The molecule has 2 fully saturated rings. The molecule has 0 aromatic rings. The zero-order valence-electron chi connectivity index (χ0n) is 19.9. The number of esters is 1. The number of aliphatic hydroxyl groups is 1. The van der Waals surface area contributed by atoms with E-state index in [0.717, 1.165) is 19.3 Å². The minimum Gasteiger partial charge on any atom is -0.465 e. The molecule has 5 atom stereocenters. The predicted octanol–water partition coefficient (Wildman–Crippen LogP) is 1.82. The van der Waals surface area contributed by atoms with E-state index in [1.54, 1.807) is 9.80 Å². The van der Waals surface area contributed by atoms with Crippen LogP contribution in [0.25, 0.3) is 0 Å². The van der Waals surface area contributed by atoms with Crippen molar-refractivity contribution in [1.82, 2.24) is 9.80 Å². The average molecular weight is 461 g/mol. The Morgan fingerprint density at radius 3 is 2.58 bits per heavy atom. The summed E-state index contributed by atoms with van der Waals surface area (Å²) in [5.74, 6) is -2.35. The molecule has 0 bridgehead atoms. The molecule has 0 saturated carbocycles. The van der Waals surface area contributed by atoms with E-state index in [9.17, 15) is 14.4 Å². The van der Waals surface area contributed by atoms with Crippen LogP contribution < -0.4 is 0 Å². The highest BCUT2D eigenvalue weighted by Gasteiger charge is 2.71. The van der Waals surface area contributed by atoms with E-state index < -0.39 is 41.1 Å². The molecule has 8 heteroatoms. The fourth-order valence-electron chi connectivity index (χ4n) is 5.70. The van der Waals surface area contributed by atoms with Gasteiger partial charge < -0.3 is 24.4 Å². The second kappa shape index (κ2) is 9.22. The summed E-state index contributed by atoms with van der Waals surface area (Å²) in [5, 5.41) is 9.04. The molecule has 4 aliphatic rings. The average Bonchev–Trinajstić information content (AvgIpc) is 3.10. The van der Waals surface area contributed by atoms with Gasteiger partial charge in [0.25, 0.3) is 0 Å². The number of hydrogen-bond acceptors (Lipinski definition) is 6. The molecule has 0 aromatic carbocycles. The summed E-state index contributed by atoms with van der Waals surface area (Å²) >= 11 is 0. The van der Waals surface area contributed by atoms with Crippen molar-refractivity contribution < 1.29 is 29.0 Å². The fourth-order valence-corrected chi connectivity index (χ4v) is 5.70. The summed E-state index contributed by atoms with van der Waals surface area (Å²) in [6.07, 6.45) is 10.7. The quantitative estimate of drug-likeness (QED) is 0.369. The molecule has 0 aromatic heterocycles. The summed E-state index contributed by atoms with van der Waals surface area (Å²) in [4.78, 5) is 44.2. The highest BCUT2D eigenvalue weighted by atomic mass is 16.6. The molecular weight excluding hydrogens is 424 g/mol. The van der Waals surface area contributed by atoms with Crippen molar-refractivity contribution in [3.63, 3.8) is 0 Å². The van der Waals surface area contributed by atoms with Crippen LogP contribution in [0.3, 0.4) is 0 Å². The first-order chi connectivity index (χ1) is 15.7. The number of nitrogens with zero attached hydrogens (tertiary/aromatic N) is 2. The van der Waals surface area contributed by atoms with Crippen molar-refractivity contribution in [2.75, 3.05) is 26.3 Å². The molecule has 33 heavy (non-hydrogen) atoms. The molecule has 2 saturated heterocycles. The molecule has 1 N–H and O–H groups in total. The van der Waals surface area contributed by atoms with Crippen LogP contribution in [-0.4, -0.2) is 82.3 Å². The van der Waals surface area contributed by atoms with Crippen molar-refractivity contribution in [3.05, 3.63) is 24.3 Å². The summed E-state index contributed by atoms with van der Waals surface area (Å²) in [6, 6.07) is -0.819. The van der Waals surface area contributed by atoms with Gasteiger partial charge in [-0.25, -0.2) is 0 Å². The first-order valence-corrected chi connectivity index (χ1v) is 12.1. The fraction of sp³-hybridized carbons (Fsp3) is 0.720. The van der Waals surface area contributed by atoms with Gasteiger partial charge in [-0.1, -0.05) is 37.1 Å². The minimum absolute atomic E-state index is 0.146. The molecule has 4 rings (SSSR count). The van der Waals surface area contributed by atoms with Crippen molar-refractivity contribution >= 4 is 17.8 Å². The summed E-state index contributed by atoms with van der Waals surface area (Å²) in [6.45, 7) is 7.20. The van der Waals surface area contributed by atoms with E-state index >= 15 is 0 Å². The molecule has 4 heterocycles. The first-order valence-electron chi connectivity index (χ1n) is 12.1. The lowest BCUT2D eigenvalue weighted by Crippen LogP contribution is -2.58. The number of unbranched alkanes of at least 4 members (excludes halogenated alkanes) is 3. The smallest absolute Gasteiger partial charge is 0.312 e. The van der Waals surface area contributed by atoms with Gasteiger partial charge in [0, 0.05) is 25.2 Å². The summed E-state index contributed by atoms with van der Waals surface area (Å²) in [5.41, 5.74) is -1.62. The third-order valence-corrected chi connectivity index (χ3v) is 7.24. The monoisotopic (exact) mass is 460 g/mol. The lowest BCUT2D eigenvalue weighted by Gasteiger charge is -2.40. The zero-order chi connectivity index (χ0) is 23.8. The van der Waals surface area contributed by atoms with Crippen molar-refractivity contribution in [2.45, 2.75) is 76.2 Å². The van der Waals surface area contributed by atoms with Gasteiger partial charge in [0.15, 0.2) is 0 Å². The highest BCUT2D eigenvalue weighted by molar-refractivity contribution is 5.99. The Hall–Kier alpha value is -2.19. The molecule has 182 valence electrons. The zero-order valence-corrected chi connectivity index (χ0v) is 19.9. The van der Waals surface area contributed by atoms with E-state index in [1.165, 1.54) is 0 Å². The number of amides is 2. The van der Waals surface area contributed by atoms with Crippen LogP contribution in [-0.2, 0) is 23.9 Å². The number of cyclic esters (lactones) is 1. The number of rotatable bonds is 6. The van der Waals surface area contributed by atoms with Crippen LogP contribution in [0.2, 0.25) is 0 Å². The standard InChI is InChI=1S/C25H36N2O6/c1-24(2,3)27-14-10-12-25-19(18-17(33-25)11-6-9-16-32-23(18)31)21(29)26(20(25)22(27)30)13-7-4-5-8-15-28/h6,10-12,17-20,28H,4-5,7-9,13-16H2,1-3H3/t17-,18+,19-,20?,25-/m0/s1. The van der Waals surface area contributed by atoms with Crippen molar-refractivity contribution in [1.29, 1.82) is 0 Å². The van der Waals surface area contributed by atoms with Gasteiger partial charge in [-0.15, -0.1) is 0 Å². The number of carbonyl (C=O) groups excluding carboxylic acids is 3. The molecule has 0 radical (unpaired) electrons. The predicted molar refractivity (Wildman–Crippen MR) is 121 cm³/mol. The summed E-state index contributed by atoms with van der Waals surface area (Å²) in [7, 11) is 0. The van der Waals surface area contributed by atoms with E-state index in [2.05, 4.69) is 0 Å². The maximum absolute atomic E-state index is 14.0. The molecule has 1 spiro atoms. The topological polar surface area (TPSA) is 96.4 Å². The lowest BCUT2D eigenvalue weighted by molar-refractivity contribution is -0.155. The van der Waals surface area contributed by atoms with Crippen LogP contribution in [0.5, 0.6) is 0 Å². The third kappa shape index (κ3) is 4.12. The van der Waals surface area contributed by atoms with E-state index in [4.69, 9.17) is 14.6 Å². The van der Waals surface area contributed by atoms with Crippen LogP contribution in [0.15, 0.2) is 24.3 Å². The largest absolute Gasteiger partial charge is 0.465 e. The van der Waals surface area contributed by atoms with Crippen LogP contribution in [0.4, 0.5) is 0 Å². The summed E-state index contributed by atoms with van der Waals surface area (Å²) < 4.78 is 12.0. The third-order valence-electron chi connectivity index (χ3n) is 7.24. The molecule has 8 nitrogen and oxygen atoms in total. The Bertz CT molecular complexity index is 846. The molecule has 1 unspecified atom stereocenters. The number of carbonyl (C=O) groups is 3. The molecular formula is C25H36N2O6. The number of ether oxygens (including phenoxy) is 2. The lowest BCUT2D eigenvalue weighted by atomic mass is 9.77. The number of likely N-dealkylation sites (tertiary alicyclic amines) is 1. The van der Waals surface area contributed by atoms with Gasteiger partial charge in [-0.05, 0) is 40.0 Å². The second-order valence-corrected chi connectivity index (χ2v) is 10.4. The van der Waals surface area contributed by atoms with E-state index in [-0.39, 0.29) is 25.0 Å². The highest BCUT2D eigenvalue weighted by Crippen LogP contribution is 2.53. The van der Waals surface area contributed by atoms with Gasteiger partial charge in [0.1, 0.15) is 17.6 Å². The van der Waals surface area contributed by atoms with Gasteiger partial charge in [-0.2, -0.15) is 0 Å². The number of hydrogen-bond donors (Lipinski definition) is 1. The van der Waals surface area contributed by atoms with E-state index in [0.29, 0.717) is 25.9 Å². The van der Waals surface area contributed by atoms with Crippen molar-refractivity contribution in [3.8, 4) is 0 Å². The second-order valence-electron chi connectivity index (χ2n) is 10.4. The molecule has 2 amide bonds. The van der Waals surface area contributed by atoms with Gasteiger partial charge >= 0.3 is 5.97 Å².